The van der Waals surface area contributed by atoms with Gasteiger partial charge in [-0.3, -0.25) is 14.0 Å². The van der Waals surface area contributed by atoms with Crippen LogP contribution >= 0.6 is 0 Å². The molecule has 0 unspecified atom stereocenters. The normalized spacial score (nSPS) is 17.4. The molecule has 1 aromatic rings. The number of hydrogen-bond acceptors (Lipinski definition) is 4. The Morgan fingerprint density at radius 3 is 2.74 bits per heavy atom. The first-order chi connectivity index (χ1) is 10.9. The maximum atomic E-state index is 12.3. The lowest BCUT2D eigenvalue weighted by atomic mass is 10.1. The summed E-state index contributed by atoms with van der Waals surface area (Å²) in [5.41, 5.74) is 2.31. The second kappa shape index (κ2) is 6.13. The Kier molecular flexibility index (Phi) is 4.33. The number of amides is 1. The second-order valence-corrected chi connectivity index (χ2v) is 8.14. The van der Waals surface area contributed by atoms with Gasteiger partial charge in [0.25, 0.3) is 0 Å². The van der Waals surface area contributed by atoms with Crippen molar-refractivity contribution in [2.24, 2.45) is 0 Å². The lowest BCUT2D eigenvalue weighted by Gasteiger charge is -2.20. The van der Waals surface area contributed by atoms with Gasteiger partial charge >= 0.3 is 0 Å². The Hall–Kier alpha value is -1.60. The van der Waals surface area contributed by atoms with E-state index in [-0.39, 0.29) is 5.91 Å². The van der Waals surface area contributed by atoms with Crippen LogP contribution in [0, 0.1) is 0 Å². The van der Waals surface area contributed by atoms with Crippen molar-refractivity contribution < 1.29 is 13.2 Å². The van der Waals surface area contributed by atoms with Gasteiger partial charge in [0, 0.05) is 23.8 Å². The summed E-state index contributed by atoms with van der Waals surface area (Å²) >= 11 is 0. The van der Waals surface area contributed by atoms with Crippen molar-refractivity contribution in [2.75, 3.05) is 35.5 Å². The molecule has 1 aromatic carbocycles. The van der Waals surface area contributed by atoms with Gasteiger partial charge in [-0.25, -0.2) is 8.42 Å². The summed E-state index contributed by atoms with van der Waals surface area (Å²) in [6.45, 7) is 3.76. The molecule has 0 aromatic heterocycles. The molecule has 0 spiro atoms. The molecule has 0 saturated heterocycles. The third-order valence-electron chi connectivity index (χ3n) is 4.48. The van der Waals surface area contributed by atoms with Crippen molar-refractivity contribution in [3.8, 4) is 0 Å². The van der Waals surface area contributed by atoms with Gasteiger partial charge in [-0.1, -0.05) is 13.0 Å². The highest BCUT2D eigenvalue weighted by molar-refractivity contribution is 7.92. The van der Waals surface area contributed by atoms with Gasteiger partial charge < -0.3 is 5.32 Å². The lowest BCUT2D eigenvalue weighted by Crippen LogP contribution is -2.34. The van der Waals surface area contributed by atoms with Gasteiger partial charge in [0.15, 0.2) is 0 Å². The topological polar surface area (TPSA) is 69.7 Å². The molecule has 0 atom stereocenters. The van der Waals surface area contributed by atoms with Crippen LogP contribution < -0.4 is 9.62 Å². The van der Waals surface area contributed by atoms with Gasteiger partial charge in [0.1, 0.15) is 0 Å². The first-order valence-electron chi connectivity index (χ1n) is 8.03. The molecule has 1 aliphatic heterocycles. The number of likely N-dealkylation sites (N-methyl/N-ethyl adjacent to an activating group) is 1. The van der Waals surface area contributed by atoms with Crippen LogP contribution in [0.1, 0.15) is 25.3 Å². The molecule has 1 N–H and O–H groups in total. The average Bonchev–Trinajstić information content (AvgIpc) is 3.22. The third kappa shape index (κ3) is 3.50. The summed E-state index contributed by atoms with van der Waals surface area (Å²) in [4.78, 5) is 14.5. The predicted molar refractivity (Wildman–Crippen MR) is 91.2 cm³/mol. The number of carbonyl (C=O) groups is 1. The van der Waals surface area contributed by atoms with Gasteiger partial charge in [-0.05, 0) is 37.9 Å². The molecule has 0 bridgehead atoms. The van der Waals surface area contributed by atoms with E-state index in [1.54, 1.807) is 12.1 Å². The molecule has 1 saturated carbocycles. The molecule has 1 aliphatic carbocycles. The maximum absolute atomic E-state index is 12.3. The number of carbonyl (C=O) groups excluding carboxylic acids is 1. The van der Waals surface area contributed by atoms with E-state index >= 15 is 0 Å². The molecule has 3 rings (SSSR count). The molecule has 1 heterocycles. The predicted octanol–water partition coefficient (Wildman–Crippen LogP) is 1.43. The quantitative estimate of drug-likeness (QED) is 0.853. The van der Waals surface area contributed by atoms with Crippen LogP contribution in [-0.2, 0) is 21.2 Å². The summed E-state index contributed by atoms with van der Waals surface area (Å²) in [6, 6.07) is 5.97. The Morgan fingerprint density at radius 1 is 1.39 bits per heavy atom. The number of nitrogens with zero attached hydrogens (tertiary/aromatic N) is 2. The van der Waals surface area contributed by atoms with E-state index in [2.05, 4.69) is 17.1 Å². The average molecular weight is 337 g/mol. The summed E-state index contributed by atoms with van der Waals surface area (Å²) in [6.07, 6.45) is 4.18. The lowest BCUT2D eigenvalue weighted by molar-refractivity contribution is -0.117. The SMILES string of the molecule is CCN(CC(=O)Nc1cccc2c1CCN2S(C)(=O)=O)C1CC1. The van der Waals surface area contributed by atoms with Crippen molar-refractivity contribution >= 4 is 27.3 Å². The number of nitrogens with one attached hydrogen (secondary N) is 1. The molecule has 2 aliphatic rings. The molecule has 6 nitrogen and oxygen atoms in total. The standard InChI is InChI=1S/C16H23N3O3S/c1-3-18(12-7-8-12)11-16(20)17-14-5-4-6-15-13(14)9-10-19(15)23(2,21)22/h4-6,12H,3,7-11H2,1-2H3,(H,17,20). The van der Waals surface area contributed by atoms with E-state index in [0.717, 1.165) is 17.8 Å². The minimum atomic E-state index is -3.27. The van der Waals surface area contributed by atoms with Crippen LogP contribution in [0.15, 0.2) is 18.2 Å². The number of hydrogen-bond donors (Lipinski definition) is 1. The highest BCUT2D eigenvalue weighted by Gasteiger charge is 2.30. The minimum absolute atomic E-state index is 0.0371. The first-order valence-corrected chi connectivity index (χ1v) is 9.88. The van der Waals surface area contributed by atoms with Crippen molar-refractivity contribution in [2.45, 2.75) is 32.2 Å². The summed E-state index contributed by atoms with van der Waals surface area (Å²) in [5, 5.41) is 2.96. The molecular weight excluding hydrogens is 314 g/mol. The zero-order valence-corrected chi connectivity index (χ0v) is 14.4. The fourth-order valence-corrected chi connectivity index (χ4v) is 4.13. The maximum Gasteiger partial charge on any atom is 0.238 e. The van der Waals surface area contributed by atoms with Crippen molar-refractivity contribution in [1.29, 1.82) is 0 Å². The van der Waals surface area contributed by atoms with E-state index in [4.69, 9.17) is 0 Å². The second-order valence-electron chi connectivity index (χ2n) is 6.23. The Labute approximate surface area is 137 Å². The highest BCUT2D eigenvalue weighted by Crippen LogP contribution is 2.35. The Morgan fingerprint density at radius 2 is 2.13 bits per heavy atom. The zero-order valence-electron chi connectivity index (χ0n) is 13.6. The van der Waals surface area contributed by atoms with Crippen molar-refractivity contribution in [1.82, 2.24) is 4.90 Å². The van der Waals surface area contributed by atoms with Gasteiger partial charge in [0.2, 0.25) is 15.9 Å². The molecule has 1 amide bonds. The van der Waals surface area contributed by atoms with Crippen LogP contribution in [0.25, 0.3) is 0 Å². The number of sulfonamides is 1. The molecule has 23 heavy (non-hydrogen) atoms. The largest absolute Gasteiger partial charge is 0.325 e. The van der Waals surface area contributed by atoms with Gasteiger partial charge in [-0.15, -0.1) is 0 Å². The van der Waals surface area contributed by atoms with Gasteiger partial charge in [0.05, 0.1) is 18.5 Å². The molecule has 0 radical (unpaired) electrons. The van der Waals surface area contributed by atoms with E-state index in [0.29, 0.717) is 31.2 Å². The van der Waals surface area contributed by atoms with Crippen LogP contribution in [0.2, 0.25) is 0 Å². The summed E-state index contributed by atoms with van der Waals surface area (Å²) in [7, 11) is -3.27. The number of benzene rings is 1. The molecule has 126 valence electrons. The number of anilines is 2. The van der Waals surface area contributed by atoms with Crippen LogP contribution in [0.5, 0.6) is 0 Å². The Bertz CT molecular complexity index is 713. The molecule has 7 heteroatoms. The molecular formula is C16H23N3O3S. The van der Waals surface area contributed by atoms with E-state index in [1.165, 1.54) is 23.4 Å². The Balaban J connectivity index is 1.74. The number of fused-ring (bicyclic) bond motifs is 1. The van der Waals surface area contributed by atoms with E-state index in [9.17, 15) is 13.2 Å². The smallest absolute Gasteiger partial charge is 0.238 e. The number of rotatable bonds is 6. The minimum Gasteiger partial charge on any atom is -0.325 e. The summed E-state index contributed by atoms with van der Waals surface area (Å²) < 4.78 is 25.1. The van der Waals surface area contributed by atoms with Crippen molar-refractivity contribution in [3.05, 3.63) is 23.8 Å². The van der Waals surface area contributed by atoms with Crippen LogP contribution in [-0.4, -0.2) is 51.2 Å². The van der Waals surface area contributed by atoms with Crippen molar-refractivity contribution in [3.63, 3.8) is 0 Å². The first kappa shape index (κ1) is 16.3. The van der Waals surface area contributed by atoms with Gasteiger partial charge in [-0.2, -0.15) is 0 Å². The fraction of sp³-hybridized carbons (Fsp3) is 0.562. The zero-order chi connectivity index (χ0) is 16.6. The highest BCUT2D eigenvalue weighted by atomic mass is 32.2. The third-order valence-corrected chi connectivity index (χ3v) is 5.66. The van der Waals surface area contributed by atoms with Crippen LogP contribution in [0.3, 0.4) is 0 Å². The van der Waals surface area contributed by atoms with E-state index < -0.39 is 10.0 Å². The molecule has 1 fully saturated rings. The monoisotopic (exact) mass is 337 g/mol. The fourth-order valence-electron chi connectivity index (χ4n) is 3.18. The van der Waals surface area contributed by atoms with Crippen LogP contribution in [0.4, 0.5) is 11.4 Å². The van der Waals surface area contributed by atoms with E-state index in [1.807, 2.05) is 6.07 Å². The summed E-state index contributed by atoms with van der Waals surface area (Å²) in [5.74, 6) is -0.0371.